The van der Waals surface area contributed by atoms with Gasteiger partial charge in [-0.25, -0.2) is 4.79 Å². The molecule has 6 nitrogen and oxygen atoms in total. The number of amides is 2. The van der Waals surface area contributed by atoms with Crippen LogP contribution in [0, 0.1) is 6.92 Å². The fraction of sp³-hybridized carbons (Fsp3) is 0.133. The number of urea groups is 1. The molecule has 112 valence electrons. The molecule has 0 saturated heterocycles. The van der Waals surface area contributed by atoms with Gasteiger partial charge in [0.05, 0.1) is 11.4 Å². The molecule has 0 aliphatic carbocycles. The number of hydrogen-bond acceptors (Lipinski definition) is 5. The number of anilines is 2. The van der Waals surface area contributed by atoms with E-state index in [1.165, 1.54) is 11.3 Å². The molecule has 3 aromatic rings. The minimum atomic E-state index is -0.281. The summed E-state index contributed by atoms with van der Waals surface area (Å²) in [5.74, 6) is 1.11. The summed E-state index contributed by atoms with van der Waals surface area (Å²) < 4.78 is 5.13. The Kier molecular flexibility index (Phi) is 4.15. The number of thiophene rings is 1. The lowest BCUT2D eigenvalue weighted by Gasteiger charge is -2.10. The average molecular weight is 314 g/mol. The van der Waals surface area contributed by atoms with Crippen LogP contribution < -0.4 is 10.6 Å². The Hall–Kier alpha value is -2.67. The number of aromatic nitrogens is 2. The van der Waals surface area contributed by atoms with Crippen LogP contribution in [0.5, 0.6) is 0 Å². The van der Waals surface area contributed by atoms with Crippen LogP contribution in [0.1, 0.15) is 17.3 Å². The van der Waals surface area contributed by atoms with Crippen molar-refractivity contribution in [1.29, 1.82) is 0 Å². The standard InChI is InChI=1S/C15H14N4O2S/c1-10-16-13(21-19-10)9-11-5-2-3-6-12(11)17-15(20)18-14-7-4-8-22-14/h2-8H,9H2,1H3,(H2,17,18,20). The molecule has 0 unspecified atom stereocenters. The van der Waals surface area contributed by atoms with Crippen LogP contribution in [0.25, 0.3) is 0 Å². The Morgan fingerprint density at radius 1 is 1.23 bits per heavy atom. The van der Waals surface area contributed by atoms with Crippen LogP contribution in [0.2, 0.25) is 0 Å². The molecule has 0 radical (unpaired) electrons. The van der Waals surface area contributed by atoms with Crippen molar-refractivity contribution < 1.29 is 9.32 Å². The van der Waals surface area contributed by atoms with Crippen LogP contribution in [-0.4, -0.2) is 16.2 Å². The second kappa shape index (κ2) is 6.40. The topological polar surface area (TPSA) is 80.0 Å². The van der Waals surface area contributed by atoms with Crippen molar-refractivity contribution in [2.75, 3.05) is 10.6 Å². The van der Waals surface area contributed by atoms with Gasteiger partial charge in [-0.15, -0.1) is 11.3 Å². The highest BCUT2D eigenvalue weighted by Gasteiger charge is 2.10. The quantitative estimate of drug-likeness (QED) is 0.770. The van der Waals surface area contributed by atoms with E-state index in [-0.39, 0.29) is 6.03 Å². The molecule has 0 aliphatic rings. The van der Waals surface area contributed by atoms with Gasteiger partial charge in [-0.1, -0.05) is 23.4 Å². The predicted molar refractivity (Wildman–Crippen MR) is 85.2 cm³/mol. The van der Waals surface area contributed by atoms with Gasteiger partial charge in [-0.2, -0.15) is 4.98 Å². The van der Waals surface area contributed by atoms with Gasteiger partial charge in [0.2, 0.25) is 5.89 Å². The minimum Gasteiger partial charge on any atom is -0.339 e. The zero-order valence-electron chi connectivity index (χ0n) is 11.9. The van der Waals surface area contributed by atoms with Crippen LogP contribution in [0.3, 0.4) is 0 Å². The van der Waals surface area contributed by atoms with Gasteiger partial charge >= 0.3 is 6.03 Å². The van der Waals surface area contributed by atoms with E-state index in [1.54, 1.807) is 6.92 Å². The first-order valence-electron chi connectivity index (χ1n) is 6.69. The third-order valence-electron chi connectivity index (χ3n) is 2.93. The van der Waals surface area contributed by atoms with E-state index in [1.807, 2.05) is 41.8 Å². The smallest absolute Gasteiger partial charge is 0.324 e. The maximum Gasteiger partial charge on any atom is 0.324 e. The Bertz CT molecular complexity index is 767. The molecule has 2 aromatic heterocycles. The third-order valence-corrected chi connectivity index (χ3v) is 3.72. The predicted octanol–water partition coefficient (Wildman–Crippen LogP) is 3.67. The van der Waals surface area contributed by atoms with Gasteiger partial charge in [0, 0.05) is 5.69 Å². The number of rotatable bonds is 4. The summed E-state index contributed by atoms with van der Waals surface area (Å²) in [6, 6.07) is 11.0. The number of carbonyl (C=O) groups is 1. The highest BCUT2D eigenvalue weighted by molar-refractivity contribution is 7.14. The number of nitrogens with one attached hydrogen (secondary N) is 2. The van der Waals surface area contributed by atoms with Crippen molar-refractivity contribution in [3.8, 4) is 0 Å². The lowest BCUT2D eigenvalue weighted by molar-refractivity contribution is 0.262. The van der Waals surface area contributed by atoms with E-state index in [0.717, 1.165) is 10.6 Å². The van der Waals surface area contributed by atoms with Crippen LogP contribution in [0.4, 0.5) is 15.5 Å². The first-order valence-corrected chi connectivity index (χ1v) is 7.57. The van der Waals surface area contributed by atoms with E-state index >= 15 is 0 Å². The maximum atomic E-state index is 12.0. The number of aryl methyl sites for hydroxylation is 1. The number of para-hydroxylation sites is 1. The molecule has 2 N–H and O–H groups in total. The van der Waals surface area contributed by atoms with Gasteiger partial charge < -0.3 is 9.84 Å². The molecule has 0 saturated carbocycles. The molecule has 2 heterocycles. The van der Waals surface area contributed by atoms with Gasteiger partial charge in [0.1, 0.15) is 0 Å². The zero-order valence-corrected chi connectivity index (χ0v) is 12.7. The first-order chi connectivity index (χ1) is 10.7. The highest BCUT2D eigenvalue weighted by Crippen LogP contribution is 2.20. The number of hydrogen-bond donors (Lipinski definition) is 2. The Labute approximate surface area is 131 Å². The van der Waals surface area contributed by atoms with Crippen LogP contribution in [0.15, 0.2) is 46.3 Å². The molecule has 0 aliphatic heterocycles. The molecule has 0 atom stereocenters. The molecule has 0 spiro atoms. The summed E-state index contributed by atoms with van der Waals surface area (Å²) in [6.45, 7) is 1.77. The number of carbonyl (C=O) groups excluding carboxylic acids is 1. The van der Waals surface area contributed by atoms with E-state index < -0.39 is 0 Å². The van der Waals surface area contributed by atoms with Crippen LogP contribution in [-0.2, 0) is 6.42 Å². The number of nitrogens with zero attached hydrogens (tertiary/aromatic N) is 2. The van der Waals surface area contributed by atoms with Crippen LogP contribution >= 0.6 is 11.3 Å². The van der Waals surface area contributed by atoms with E-state index in [0.29, 0.717) is 23.8 Å². The van der Waals surface area contributed by atoms with E-state index in [4.69, 9.17) is 4.52 Å². The second-order valence-electron chi connectivity index (χ2n) is 4.63. The third kappa shape index (κ3) is 3.50. The van der Waals surface area contributed by atoms with Crippen molar-refractivity contribution in [1.82, 2.24) is 10.1 Å². The summed E-state index contributed by atoms with van der Waals surface area (Å²) in [4.78, 5) is 16.2. The lowest BCUT2D eigenvalue weighted by atomic mass is 10.1. The Morgan fingerprint density at radius 2 is 2.09 bits per heavy atom. The summed E-state index contributed by atoms with van der Waals surface area (Å²) in [6.07, 6.45) is 0.469. The fourth-order valence-electron chi connectivity index (χ4n) is 1.99. The molecule has 2 amide bonds. The zero-order chi connectivity index (χ0) is 15.4. The first kappa shape index (κ1) is 14.3. The van der Waals surface area contributed by atoms with Crippen molar-refractivity contribution in [3.63, 3.8) is 0 Å². The van der Waals surface area contributed by atoms with Crippen molar-refractivity contribution in [3.05, 3.63) is 59.1 Å². The monoisotopic (exact) mass is 314 g/mol. The molecule has 22 heavy (non-hydrogen) atoms. The molecule has 7 heteroatoms. The normalized spacial score (nSPS) is 10.4. The Morgan fingerprint density at radius 3 is 2.82 bits per heavy atom. The summed E-state index contributed by atoms with van der Waals surface area (Å²) >= 11 is 1.47. The molecular formula is C15H14N4O2S. The second-order valence-corrected chi connectivity index (χ2v) is 5.57. The maximum absolute atomic E-state index is 12.0. The van der Waals surface area contributed by atoms with Crippen molar-refractivity contribution in [2.45, 2.75) is 13.3 Å². The van der Waals surface area contributed by atoms with Gasteiger partial charge in [-0.05, 0) is 36.1 Å². The summed E-state index contributed by atoms with van der Waals surface area (Å²) in [5.41, 5.74) is 1.62. The van der Waals surface area contributed by atoms with Gasteiger partial charge in [0.15, 0.2) is 5.82 Å². The fourth-order valence-corrected chi connectivity index (χ4v) is 2.60. The SMILES string of the molecule is Cc1noc(Cc2ccccc2NC(=O)Nc2cccs2)n1. The average Bonchev–Trinajstić information content (AvgIpc) is 3.13. The summed E-state index contributed by atoms with van der Waals surface area (Å²) in [7, 11) is 0. The molecule has 3 rings (SSSR count). The minimum absolute atomic E-state index is 0.281. The highest BCUT2D eigenvalue weighted by atomic mass is 32.1. The molecule has 0 fully saturated rings. The lowest BCUT2D eigenvalue weighted by Crippen LogP contribution is -2.19. The van der Waals surface area contributed by atoms with E-state index in [2.05, 4.69) is 20.8 Å². The van der Waals surface area contributed by atoms with Crippen molar-refractivity contribution >= 4 is 28.1 Å². The molecular weight excluding hydrogens is 300 g/mol. The number of benzene rings is 1. The largest absolute Gasteiger partial charge is 0.339 e. The summed E-state index contributed by atoms with van der Waals surface area (Å²) in [5, 5.41) is 12.1. The van der Waals surface area contributed by atoms with Gasteiger partial charge in [0.25, 0.3) is 0 Å². The van der Waals surface area contributed by atoms with Crippen molar-refractivity contribution in [2.24, 2.45) is 0 Å². The molecule has 0 bridgehead atoms. The van der Waals surface area contributed by atoms with E-state index in [9.17, 15) is 4.79 Å². The Balaban J connectivity index is 1.72. The molecule has 1 aromatic carbocycles. The van der Waals surface area contributed by atoms with Gasteiger partial charge in [-0.3, -0.25) is 5.32 Å².